The highest BCUT2D eigenvalue weighted by molar-refractivity contribution is 6.62. The molecule has 1 unspecified atom stereocenters. The van der Waals surface area contributed by atoms with Crippen molar-refractivity contribution < 1.29 is 14.1 Å². The average molecular weight is 357 g/mol. The zero-order valence-corrected chi connectivity index (χ0v) is 16.9. The highest BCUT2D eigenvalue weighted by Crippen LogP contribution is 2.36. The van der Waals surface area contributed by atoms with E-state index < -0.39 is 0 Å². The van der Waals surface area contributed by atoms with Crippen LogP contribution < -0.4 is 5.46 Å². The predicted octanol–water partition coefficient (Wildman–Crippen LogP) is 3.32. The van der Waals surface area contributed by atoms with Crippen LogP contribution in [0, 0.1) is 0 Å². The van der Waals surface area contributed by atoms with Gasteiger partial charge in [0.15, 0.2) is 0 Å². The molecule has 0 aliphatic carbocycles. The summed E-state index contributed by atoms with van der Waals surface area (Å²) in [5.41, 5.74) is 1.38. The van der Waals surface area contributed by atoms with Crippen molar-refractivity contribution in [3.8, 4) is 0 Å². The van der Waals surface area contributed by atoms with Crippen molar-refractivity contribution in [3.05, 3.63) is 29.8 Å². The molecule has 0 bridgehead atoms. The Morgan fingerprint density at radius 3 is 2.31 bits per heavy atom. The molecule has 1 aromatic rings. The first-order valence-electron chi connectivity index (χ1n) is 9.97. The largest absolute Gasteiger partial charge is 0.494 e. The van der Waals surface area contributed by atoms with E-state index in [1.54, 1.807) is 0 Å². The minimum absolute atomic E-state index is 0.250. The van der Waals surface area contributed by atoms with Crippen LogP contribution in [0.4, 0.5) is 0 Å². The molecule has 1 amide bonds. The standard InChI is InChI=1S/C21H32BNO3/c1-6-18-9-7-8-14-23(18)19(24)15-16-10-12-17(13-11-16)22-25-20(2,3)21(4,5)26-22/h10-13,18H,6-9,14-15H2,1-5H3. The van der Waals surface area contributed by atoms with Gasteiger partial charge in [0.1, 0.15) is 0 Å². The second-order valence-corrected chi connectivity index (χ2v) is 8.65. The van der Waals surface area contributed by atoms with Crippen LogP contribution in [0.25, 0.3) is 0 Å². The van der Waals surface area contributed by atoms with Gasteiger partial charge in [-0.05, 0) is 64.4 Å². The number of likely N-dealkylation sites (tertiary alicyclic amines) is 1. The van der Waals surface area contributed by atoms with E-state index in [1.807, 2.05) is 24.3 Å². The van der Waals surface area contributed by atoms with Crippen LogP contribution in [0.3, 0.4) is 0 Å². The molecule has 26 heavy (non-hydrogen) atoms. The number of rotatable bonds is 4. The lowest BCUT2D eigenvalue weighted by molar-refractivity contribution is -0.134. The summed E-state index contributed by atoms with van der Waals surface area (Å²) in [7, 11) is -0.351. The fourth-order valence-corrected chi connectivity index (χ4v) is 3.80. The molecule has 5 heteroatoms. The van der Waals surface area contributed by atoms with Gasteiger partial charge in [-0.15, -0.1) is 0 Å². The molecule has 4 nitrogen and oxygen atoms in total. The highest BCUT2D eigenvalue weighted by atomic mass is 16.7. The van der Waals surface area contributed by atoms with Crippen LogP contribution in [-0.4, -0.2) is 41.7 Å². The second-order valence-electron chi connectivity index (χ2n) is 8.65. The molecule has 0 radical (unpaired) electrons. The van der Waals surface area contributed by atoms with E-state index in [4.69, 9.17) is 9.31 Å². The van der Waals surface area contributed by atoms with Crippen molar-refractivity contribution >= 4 is 18.5 Å². The molecule has 2 saturated heterocycles. The van der Waals surface area contributed by atoms with Gasteiger partial charge in [0.2, 0.25) is 5.91 Å². The van der Waals surface area contributed by atoms with Gasteiger partial charge in [0.05, 0.1) is 17.6 Å². The summed E-state index contributed by atoms with van der Waals surface area (Å²) in [4.78, 5) is 14.8. The van der Waals surface area contributed by atoms with Crippen molar-refractivity contribution in [1.29, 1.82) is 0 Å². The summed E-state index contributed by atoms with van der Waals surface area (Å²) in [6, 6.07) is 8.53. The zero-order valence-electron chi connectivity index (χ0n) is 16.9. The van der Waals surface area contributed by atoms with Gasteiger partial charge in [0, 0.05) is 12.6 Å². The Bertz CT molecular complexity index is 625. The normalized spacial score (nSPS) is 24.7. The molecular formula is C21H32BNO3. The summed E-state index contributed by atoms with van der Waals surface area (Å²) >= 11 is 0. The third-order valence-corrected chi connectivity index (χ3v) is 6.28. The molecule has 1 aromatic carbocycles. The van der Waals surface area contributed by atoms with E-state index >= 15 is 0 Å². The van der Waals surface area contributed by atoms with Crippen LogP contribution >= 0.6 is 0 Å². The van der Waals surface area contributed by atoms with Gasteiger partial charge in [-0.25, -0.2) is 0 Å². The number of amides is 1. The monoisotopic (exact) mass is 357 g/mol. The van der Waals surface area contributed by atoms with Crippen molar-refractivity contribution in [2.75, 3.05) is 6.54 Å². The minimum atomic E-state index is -0.351. The predicted molar refractivity (Wildman–Crippen MR) is 106 cm³/mol. The number of nitrogens with zero attached hydrogens (tertiary/aromatic N) is 1. The molecule has 2 heterocycles. The van der Waals surface area contributed by atoms with Gasteiger partial charge >= 0.3 is 7.12 Å². The highest BCUT2D eigenvalue weighted by Gasteiger charge is 2.51. The molecule has 0 saturated carbocycles. The molecule has 3 rings (SSSR count). The molecule has 2 aliphatic heterocycles. The van der Waals surface area contributed by atoms with Crippen LogP contribution in [0.2, 0.25) is 0 Å². The van der Waals surface area contributed by atoms with E-state index in [0.29, 0.717) is 12.5 Å². The van der Waals surface area contributed by atoms with Crippen molar-refractivity contribution in [1.82, 2.24) is 4.90 Å². The van der Waals surface area contributed by atoms with Gasteiger partial charge in [-0.3, -0.25) is 4.79 Å². The number of piperidine rings is 1. The van der Waals surface area contributed by atoms with Crippen LogP contribution in [0.1, 0.15) is 65.9 Å². The molecule has 2 fully saturated rings. The maximum Gasteiger partial charge on any atom is 0.494 e. The van der Waals surface area contributed by atoms with E-state index in [1.165, 1.54) is 6.42 Å². The molecular weight excluding hydrogens is 325 g/mol. The number of carbonyl (C=O) groups is 1. The van der Waals surface area contributed by atoms with E-state index in [0.717, 1.165) is 36.8 Å². The quantitative estimate of drug-likeness (QED) is 0.776. The van der Waals surface area contributed by atoms with Gasteiger partial charge in [-0.1, -0.05) is 31.2 Å². The Morgan fingerprint density at radius 2 is 1.73 bits per heavy atom. The van der Waals surface area contributed by atoms with E-state index in [9.17, 15) is 4.79 Å². The molecule has 0 N–H and O–H groups in total. The van der Waals surface area contributed by atoms with Gasteiger partial charge in [-0.2, -0.15) is 0 Å². The lowest BCUT2D eigenvalue weighted by atomic mass is 9.79. The summed E-state index contributed by atoms with van der Waals surface area (Å²) < 4.78 is 12.2. The number of hydrogen-bond acceptors (Lipinski definition) is 3. The first-order valence-corrected chi connectivity index (χ1v) is 9.97. The second kappa shape index (κ2) is 7.36. The average Bonchev–Trinajstić information content (AvgIpc) is 2.83. The lowest BCUT2D eigenvalue weighted by Gasteiger charge is -2.35. The number of carbonyl (C=O) groups excluding carboxylic acids is 1. The van der Waals surface area contributed by atoms with Crippen molar-refractivity contribution in [3.63, 3.8) is 0 Å². The third kappa shape index (κ3) is 3.84. The summed E-state index contributed by atoms with van der Waals surface area (Å²) in [5, 5.41) is 0. The molecule has 2 aliphatic rings. The number of hydrogen-bond donors (Lipinski definition) is 0. The zero-order chi connectivity index (χ0) is 18.9. The smallest absolute Gasteiger partial charge is 0.399 e. The SMILES string of the molecule is CCC1CCCCN1C(=O)Cc1ccc(B2OC(C)(C)C(C)(C)O2)cc1. The van der Waals surface area contributed by atoms with Gasteiger partial charge in [0.25, 0.3) is 0 Å². The maximum atomic E-state index is 12.7. The van der Waals surface area contributed by atoms with E-state index in [-0.39, 0.29) is 24.2 Å². The minimum Gasteiger partial charge on any atom is -0.399 e. The first kappa shape index (κ1) is 19.4. The van der Waals surface area contributed by atoms with E-state index in [2.05, 4.69) is 39.5 Å². The Hall–Kier alpha value is -1.33. The summed E-state index contributed by atoms with van der Waals surface area (Å²) in [6.07, 6.45) is 5.03. The van der Waals surface area contributed by atoms with Crippen LogP contribution in [0.5, 0.6) is 0 Å². The third-order valence-electron chi connectivity index (χ3n) is 6.28. The Balaban J connectivity index is 1.64. The Kier molecular flexibility index (Phi) is 5.50. The molecule has 0 spiro atoms. The summed E-state index contributed by atoms with van der Waals surface area (Å²) in [6.45, 7) is 11.3. The molecule has 142 valence electrons. The Labute approximate surface area is 158 Å². The van der Waals surface area contributed by atoms with Crippen molar-refractivity contribution in [2.24, 2.45) is 0 Å². The maximum absolute atomic E-state index is 12.7. The van der Waals surface area contributed by atoms with Gasteiger partial charge < -0.3 is 14.2 Å². The Morgan fingerprint density at radius 1 is 1.12 bits per heavy atom. The fourth-order valence-electron chi connectivity index (χ4n) is 3.80. The summed E-state index contributed by atoms with van der Waals surface area (Å²) in [5.74, 6) is 0.250. The van der Waals surface area contributed by atoms with Crippen LogP contribution in [0.15, 0.2) is 24.3 Å². The topological polar surface area (TPSA) is 38.8 Å². The first-order chi connectivity index (χ1) is 12.2. The lowest BCUT2D eigenvalue weighted by Crippen LogP contribution is -2.44. The van der Waals surface area contributed by atoms with Crippen molar-refractivity contribution in [2.45, 2.75) is 84.0 Å². The molecule has 1 atom stereocenters. The van der Waals surface area contributed by atoms with Crippen LogP contribution in [-0.2, 0) is 20.5 Å². The number of benzene rings is 1. The fraction of sp³-hybridized carbons (Fsp3) is 0.667. The molecule has 0 aromatic heterocycles.